The normalized spacial score (nSPS) is 27.3. The molecule has 0 bridgehead atoms. The molecule has 116 valence electrons. The lowest BCUT2D eigenvalue weighted by Gasteiger charge is -2.40. The topological polar surface area (TPSA) is 77.2 Å². The molecule has 1 aliphatic rings. The molecule has 3 rings (SSSR count). The summed E-state index contributed by atoms with van der Waals surface area (Å²) in [6, 6.07) is 7.09. The first-order valence-corrected chi connectivity index (χ1v) is 7.12. The molecule has 2 heterocycles. The van der Waals surface area contributed by atoms with Gasteiger partial charge in [-0.1, -0.05) is 39.0 Å². The third-order valence-corrected chi connectivity index (χ3v) is 4.06. The van der Waals surface area contributed by atoms with E-state index in [1.807, 2.05) is 0 Å². The Morgan fingerprint density at radius 3 is 2.55 bits per heavy atom. The number of Topliss-reactive ketones (excluding diaryl/α,β-unsaturated/α-hetero) is 1. The third kappa shape index (κ3) is 1.73. The maximum atomic E-state index is 13.2. The van der Waals surface area contributed by atoms with E-state index >= 15 is 0 Å². The summed E-state index contributed by atoms with van der Waals surface area (Å²) in [5, 5.41) is 15.3. The van der Waals surface area contributed by atoms with Crippen LogP contribution in [0, 0.1) is 5.41 Å². The average Bonchev–Trinajstić information content (AvgIpc) is 3.03. The number of para-hydroxylation sites is 1. The van der Waals surface area contributed by atoms with Gasteiger partial charge in [-0.25, -0.2) is 9.67 Å². The van der Waals surface area contributed by atoms with E-state index in [9.17, 15) is 9.90 Å². The van der Waals surface area contributed by atoms with Crippen LogP contribution in [0.5, 0.6) is 5.75 Å². The molecular weight excluding hydrogens is 282 g/mol. The molecule has 1 aromatic heterocycles. The van der Waals surface area contributed by atoms with Crippen LogP contribution in [0.25, 0.3) is 0 Å². The molecule has 1 aliphatic heterocycles. The minimum Gasteiger partial charge on any atom is -0.455 e. The minimum atomic E-state index is -1.68. The highest BCUT2D eigenvalue weighted by Crippen LogP contribution is 2.52. The number of hydrogen-bond donors (Lipinski definition) is 1. The summed E-state index contributed by atoms with van der Waals surface area (Å²) in [6.45, 7) is 6.94. The van der Waals surface area contributed by atoms with Crippen LogP contribution < -0.4 is 4.74 Å². The molecule has 2 atom stereocenters. The number of rotatable bonds is 2. The van der Waals surface area contributed by atoms with Crippen molar-refractivity contribution in [3.8, 4) is 5.75 Å². The van der Waals surface area contributed by atoms with Crippen molar-refractivity contribution in [1.29, 1.82) is 0 Å². The van der Waals surface area contributed by atoms with Crippen molar-refractivity contribution in [3.63, 3.8) is 0 Å². The van der Waals surface area contributed by atoms with Gasteiger partial charge in [0.15, 0.2) is 5.60 Å². The number of fused-ring (bicyclic) bond motifs is 1. The Hall–Kier alpha value is -2.21. The van der Waals surface area contributed by atoms with Gasteiger partial charge in [0.25, 0.3) is 5.72 Å². The van der Waals surface area contributed by atoms with Crippen LogP contribution in [0.15, 0.2) is 36.9 Å². The van der Waals surface area contributed by atoms with Crippen LogP contribution >= 0.6 is 0 Å². The lowest BCUT2D eigenvalue weighted by molar-refractivity contribution is -0.189. The predicted octanol–water partition coefficient (Wildman–Crippen LogP) is 1.85. The van der Waals surface area contributed by atoms with Gasteiger partial charge in [0.2, 0.25) is 5.78 Å². The van der Waals surface area contributed by atoms with Gasteiger partial charge in [-0.05, 0) is 13.0 Å². The highest BCUT2D eigenvalue weighted by molar-refractivity contribution is 5.92. The van der Waals surface area contributed by atoms with E-state index in [4.69, 9.17) is 4.74 Å². The summed E-state index contributed by atoms with van der Waals surface area (Å²) in [4.78, 5) is 17.1. The molecule has 2 aromatic rings. The van der Waals surface area contributed by atoms with Gasteiger partial charge >= 0.3 is 0 Å². The minimum absolute atomic E-state index is 0.272. The number of nitrogens with zero attached hydrogens (tertiary/aromatic N) is 3. The number of aliphatic hydroxyl groups is 1. The maximum Gasteiger partial charge on any atom is 0.295 e. The molecule has 0 saturated carbocycles. The second kappa shape index (κ2) is 4.39. The van der Waals surface area contributed by atoms with Crippen molar-refractivity contribution in [2.45, 2.75) is 39.0 Å². The van der Waals surface area contributed by atoms with Crippen molar-refractivity contribution in [2.75, 3.05) is 0 Å². The summed E-state index contributed by atoms with van der Waals surface area (Å²) in [5.41, 5.74) is -3.42. The molecule has 0 unspecified atom stereocenters. The summed E-state index contributed by atoms with van der Waals surface area (Å²) in [7, 11) is 0. The fraction of sp³-hybridized carbons (Fsp3) is 0.438. The Bertz CT molecular complexity index is 716. The molecule has 0 radical (unpaired) electrons. The molecular formula is C16H19N3O3. The van der Waals surface area contributed by atoms with Gasteiger partial charge in [-0.3, -0.25) is 4.79 Å². The lowest BCUT2D eigenvalue weighted by atomic mass is 9.75. The van der Waals surface area contributed by atoms with Crippen molar-refractivity contribution in [2.24, 2.45) is 5.41 Å². The molecule has 6 heteroatoms. The van der Waals surface area contributed by atoms with Crippen LogP contribution in [0.3, 0.4) is 0 Å². The first kappa shape index (κ1) is 14.7. The fourth-order valence-corrected chi connectivity index (χ4v) is 2.92. The standard InChI is InChI=1S/C16H19N3O3/c1-14(2,3)13(20)16(19-10-17-9-18-19)15(4,21)11-7-5-6-8-12(11)22-16/h5-10,21H,1-4H3/t15-,16+/m1/s1. The van der Waals surface area contributed by atoms with Crippen LogP contribution in [0.1, 0.15) is 33.3 Å². The Morgan fingerprint density at radius 1 is 1.32 bits per heavy atom. The lowest BCUT2D eigenvalue weighted by Crippen LogP contribution is -2.61. The van der Waals surface area contributed by atoms with Gasteiger partial charge in [0, 0.05) is 11.0 Å². The summed E-state index contributed by atoms with van der Waals surface area (Å²) in [5.74, 6) is 0.201. The molecule has 0 aliphatic carbocycles. The molecule has 0 amide bonds. The first-order chi connectivity index (χ1) is 10.2. The van der Waals surface area contributed by atoms with E-state index in [2.05, 4.69) is 10.1 Å². The second-order valence-corrected chi connectivity index (χ2v) is 6.73. The fourth-order valence-electron chi connectivity index (χ4n) is 2.92. The zero-order valence-corrected chi connectivity index (χ0v) is 13.1. The van der Waals surface area contributed by atoms with Crippen LogP contribution in [-0.4, -0.2) is 25.7 Å². The highest BCUT2D eigenvalue weighted by Gasteiger charge is 2.65. The average molecular weight is 301 g/mol. The number of ketones is 1. The van der Waals surface area contributed by atoms with Crippen LogP contribution in [-0.2, 0) is 16.1 Å². The quantitative estimate of drug-likeness (QED) is 0.916. The Kier molecular flexibility index (Phi) is 2.94. The number of benzene rings is 1. The number of carbonyl (C=O) groups is 1. The van der Waals surface area contributed by atoms with E-state index in [0.29, 0.717) is 11.3 Å². The van der Waals surface area contributed by atoms with Gasteiger partial charge in [0.1, 0.15) is 18.4 Å². The highest BCUT2D eigenvalue weighted by atomic mass is 16.6. The van der Waals surface area contributed by atoms with Crippen molar-refractivity contribution >= 4 is 5.78 Å². The van der Waals surface area contributed by atoms with Crippen LogP contribution in [0.2, 0.25) is 0 Å². The van der Waals surface area contributed by atoms with Crippen molar-refractivity contribution in [3.05, 3.63) is 42.5 Å². The first-order valence-electron chi connectivity index (χ1n) is 7.12. The van der Waals surface area contributed by atoms with Crippen molar-refractivity contribution in [1.82, 2.24) is 14.8 Å². The summed E-state index contributed by atoms with van der Waals surface area (Å²) < 4.78 is 7.31. The maximum absolute atomic E-state index is 13.2. The molecule has 0 fully saturated rings. The molecule has 1 N–H and O–H groups in total. The molecule has 0 saturated heterocycles. The molecule has 6 nitrogen and oxygen atoms in total. The number of ether oxygens (including phenoxy) is 1. The van der Waals surface area contributed by atoms with E-state index in [1.54, 1.807) is 52.0 Å². The van der Waals surface area contributed by atoms with Crippen molar-refractivity contribution < 1.29 is 14.6 Å². The Labute approximate surface area is 128 Å². The molecule has 1 aromatic carbocycles. The SMILES string of the molecule is CC(C)(C)C(=O)[C@]1(n2cncn2)Oc2ccccc2[C@@]1(C)O. The predicted molar refractivity (Wildman–Crippen MR) is 79.1 cm³/mol. The third-order valence-electron chi connectivity index (χ3n) is 4.06. The van der Waals surface area contributed by atoms with Gasteiger partial charge in [-0.15, -0.1) is 0 Å². The van der Waals surface area contributed by atoms with E-state index in [-0.39, 0.29) is 5.78 Å². The van der Waals surface area contributed by atoms with E-state index in [1.165, 1.54) is 17.3 Å². The van der Waals surface area contributed by atoms with Gasteiger partial charge in [0.05, 0.1) is 0 Å². The smallest absolute Gasteiger partial charge is 0.295 e. The number of carbonyl (C=O) groups excluding carboxylic acids is 1. The zero-order chi connectivity index (χ0) is 16.2. The summed E-state index contributed by atoms with van der Waals surface area (Å²) >= 11 is 0. The number of aromatic nitrogens is 3. The van der Waals surface area contributed by atoms with Gasteiger partial charge in [-0.2, -0.15) is 5.10 Å². The monoisotopic (exact) mass is 301 g/mol. The second-order valence-electron chi connectivity index (χ2n) is 6.73. The molecule has 0 spiro atoms. The van der Waals surface area contributed by atoms with E-state index in [0.717, 1.165) is 0 Å². The molecule has 22 heavy (non-hydrogen) atoms. The zero-order valence-electron chi connectivity index (χ0n) is 13.1. The Morgan fingerprint density at radius 2 is 2.00 bits per heavy atom. The van der Waals surface area contributed by atoms with E-state index < -0.39 is 16.7 Å². The Balaban J connectivity index is 2.29. The van der Waals surface area contributed by atoms with Crippen LogP contribution in [0.4, 0.5) is 0 Å². The summed E-state index contributed by atoms with van der Waals surface area (Å²) in [6.07, 6.45) is 2.71. The largest absolute Gasteiger partial charge is 0.455 e. The van der Waals surface area contributed by atoms with Gasteiger partial charge < -0.3 is 9.84 Å². The number of hydrogen-bond acceptors (Lipinski definition) is 5.